The molecule has 2 rings (SSSR count). The van der Waals surface area contributed by atoms with Crippen LogP contribution >= 0.6 is 11.6 Å². The van der Waals surface area contributed by atoms with Crippen LogP contribution in [-0.4, -0.2) is 37.7 Å². The van der Waals surface area contributed by atoms with Gasteiger partial charge in [0.25, 0.3) is 16.0 Å². The Balaban J connectivity index is 1.90. The lowest BCUT2D eigenvalue weighted by atomic mass is 9.93. The number of amides is 1. The van der Waals surface area contributed by atoms with Gasteiger partial charge in [0, 0.05) is 12.2 Å². The third kappa shape index (κ3) is 4.93. The van der Waals surface area contributed by atoms with Crippen LogP contribution < -0.4 is 5.32 Å². The smallest absolute Gasteiger partial charge is 0.264 e. The van der Waals surface area contributed by atoms with E-state index < -0.39 is 10.1 Å². The van der Waals surface area contributed by atoms with Crippen molar-refractivity contribution in [2.45, 2.75) is 44.8 Å². The Bertz CT molecular complexity index is 655. The van der Waals surface area contributed by atoms with E-state index in [1.54, 1.807) is 13.0 Å². The van der Waals surface area contributed by atoms with Crippen LogP contribution in [0.1, 0.15) is 41.7 Å². The second-order valence-electron chi connectivity index (χ2n) is 5.53. The zero-order chi connectivity index (χ0) is 16.3. The van der Waals surface area contributed by atoms with Crippen molar-refractivity contribution < 1.29 is 17.4 Å². The molecule has 0 aliphatic heterocycles. The molecule has 122 valence electrons. The molecule has 8 heteroatoms. The number of nitrogens with zero attached hydrogens (tertiary/aromatic N) is 1. The molecule has 0 aromatic carbocycles. The number of aromatic nitrogens is 1. The van der Waals surface area contributed by atoms with E-state index in [-0.39, 0.29) is 18.1 Å². The quantitative estimate of drug-likeness (QED) is 0.843. The average Bonchev–Trinajstić information content (AvgIpc) is 2.42. The summed E-state index contributed by atoms with van der Waals surface area (Å²) in [5.41, 5.74) is 1.08. The van der Waals surface area contributed by atoms with E-state index in [0.717, 1.165) is 6.26 Å². The van der Waals surface area contributed by atoms with Crippen LogP contribution in [0.5, 0.6) is 0 Å². The lowest BCUT2D eigenvalue weighted by Crippen LogP contribution is -2.39. The molecule has 6 nitrogen and oxygen atoms in total. The molecule has 1 N–H and O–H groups in total. The monoisotopic (exact) mass is 346 g/mol. The van der Waals surface area contributed by atoms with E-state index >= 15 is 0 Å². The Hall–Kier alpha value is -1.18. The van der Waals surface area contributed by atoms with Crippen LogP contribution in [-0.2, 0) is 14.3 Å². The van der Waals surface area contributed by atoms with Crippen molar-refractivity contribution in [3.05, 3.63) is 28.5 Å². The Morgan fingerprint density at radius 1 is 1.36 bits per heavy atom. The number of nitrogens with one attached hydrogen (secondary N) is 1. The molecule has 1 aromatic rings. The molecule has 1 saturated carbocycles. The van der Waals surface area contributed by atoms with E-state index in [2.05, 4.69) is 10.3 Å². The average molecular weight is 347 g/mol. The van der Waals surface area contributed by atoms with E-state index in [1.807, 2.05) is 0 Å². The molecule has 1 aliphatic carbocycles. The zero-order valence-corrected chi connectivity index (χ0v) is 14.1. The van der Waals surface area contributed by atoms with Crippen molar-refractivity contribution in [2.75, 3.05) is 6.26 Å². The zero-order valence-electron chi connectivity index (χ0n) is 12.5. The molecule has 1 amide bonds. The molecule has 0 spiro atoms. The van der Waals surface area contributed by atoms with Crippen LogP contribution in [0.15, 0.2) is 12.3 Å². The van der Waals surface area contributed by atoms with Gasteiger partial charge in [0.2, 0.25) is 0 Å². The van der Waals surface area contributed by atoms with E-state index in [4.69, 9.17) is 15.8 Å². The fraction of sp³-hybridized carbons (Fsp3) is 0.571. The van der Waals surface area contributed by atoms with Crippen molar-refractivity contribution >= 4 is 27.6 Å². The third-order valence-corrected chi connectivity index (χ3v) is 4.45. The first-order valence-electron chi connectivity index (χ1n) is 7.06. The van der Waals surface area contributed by atoms with Crippen molar-refractivity contribution in [1.82, 2.24) is 10.3 Å². The van der Waals surface area contributed by atoms with Crippen molar-refractivity contribution in [2.24, 2.45) is 0 Å². The van der Waals surface area contributed by atoms with Crippen LogP contribution in [0.3, 0.4) is 0 Å². The van der Waals surface area contributed by atoms with Crippen molar-refractivity contribution in [1.29, 1.82) is 0 Å². The summed E-state index contributed by atoms with van der Waals surface area (Å²) in [6.07, 6.45) is 4.82. The minimum Gasteiger partial charge on any atom is -0.349 e. The topological polar surface area (TPSA) is 85.4 Å². The van der Waals surface area contributed by atoms with Crippen LogP contribution in [0, 0.1) is 6.92 Å². The summed E-state index contributed by atoms with van der Waals surface area (Å²) in [5, 5.41) is 3.36. The van der Waals surface area contributed by atoms with Gasteiger partial charge in [-0.25, -0.2) is 0 Å². The molecular formula is C14H19ClN2O4S. The summed E-state index contributed by atoms with van der Waals surface area (Å²) in [6.45, 7) is 1.75. The van der Waals surface area contributed by atoms with Gasteiger partial charge in [0.15, 0.2) is 0 Å². The van der Waals surface area contributed by atoms with E-state index in [0.29, 0.717) is 42.0 Å². The van der Waals surface area contributed by atoms with Gasteiger partial charge in [-0.15, -0.1) is 0 Å². The SMILES string of the molecule is Cc1ncc(Cl)cc1C(=O)NC1CCC(OS(C)(=O)=O)CC1. The standard InChI is InChI=1S/C14H19ClN2O4S/c1-9-13(7-10(15)8-16-9)14(18)17-11-3-5-12(6-4-11)21-22(2,19)20/h7-8,11-12H,3-6H2,1-2H3,(H,17,18). The summed E-state index contributed by atoms with van der Waals surface area (Å²) in [4.78, 5) is 16.3. The molecule has 1 aromatic heterocycles. The predicted octanol–water partition coefficient (Wildman–Crippen LogP) is 2.06. The summed E-state index contributed by atoms with van der Waals surface area (Å²) in [5.74, 6) is -0.208. The Kier molecular flexibility index (Phi) is 5.41. The molecule has 0 saturated heterocycles. The van der Waals surface area contributed by atoms with Gasteiger partial charge in [-0.2, -0.15) is 8.42 Å². The number of rotatable bonds is 4. The Labute approximate surface area is 135 Å². The molecule has 1 aliphatic rings. The molecular weight excluding hydrogens is 328 g/mol. The first-order chi connectivity index (χ1) is 10.2. The van der Waals surface area contributed by atoms with Gasteiger partial charge in [-0.1, -0.05) is 11.6 Å². The summed E-state index contributed by atoms with van der Waals surface area (Å²) in [7, 11) is -3.43. The minimum absolute atomic E-state index is 0.00490. The third-order valence-electron chi connectivity index (χ3n) is 3.62. The van der Waals surface area contributed by atoms with Crippen molar-refractivity contribution in [3.8, 4) is 0 Å². The molecule has 0 bridgehead atoms. The number of halogens is 1. The van der Waals surface area contributed by atoms with Gasteiger partial charge < -0.3 is 5.32 Å². The lowest BCUT2D eigenvalue weighted by molar-refractivity contribution is 0.0896. The Morgan fingerprint density at radius 3 is 2.59 bits per heavy atom. The number of hydrogen-bond donors (Lipinski definition) is 1. The number of hydrogen-bond acceptors (Lipinski definition) is 5. The van der Waals surface area contributed by atoms with Crippen LogP contribution in [0.4, 0.5) is 0 Å². The van der Waals surface area contributed by atoms with Crippen LogP contribution in [0.2, 0.25) is 5.02 Å². The van der Waals surface area contributed by atoms with E-state index in [9.17, 15) is 13.2 Å². The second kappa shape index (κ2) is 6.93. The highest BCUT2D eigenvalue weighted by Crippen LogP contribution is 2.23. The largest absolute Gasteiger partial charge is 0.349 e. The fourth-order valence-electron chi connectivity index (χ4n) is 2.55. The van der Waals surface area contributed by atoms with Gasteiger partial charge in [-0.05, 0) is 38.7 Å². The number of aryl methyl sites for hydroxylation is 1. The first-order valence-corrected chi connectivity index (χ1v) is 9.25. The number of carbonyl (C=O) groups excluding carboxylic acids is 1. The maximum absolute atomic E-state index is 12.3. The molecule has 1 heterocycles. The second-order valence-corrected chi connectivity index (χ2v) is 7.57. The highest BCUT2D eigenvalue weighted by molar-refractivity contribution is 7.86. The van der Waals surface area contributed by atoms with E-state index in [1.165, 1.54) is 6.20 Å². The predicted molar refractivity (Wildman–Crippen MR) is 83.4 cm³/mol. The van der Waals surface area contributed by atoms with Crippen LogP contribution in [0.25, 0.3) is 0 Å². The highest BCUT2D eigenvalue weighted by Gasteiger charge is 2.26. The first kappa shape index (κ1) is 17.2. The lowest BCUT2D eigenvalue weighted by Gasteiger charge is -2.28. The minimum atomic E-state index is -3.43. The fourth-order valence-corrected chi connectivity index (χ4v) is 3.40. The summed E-state index contributed by atoms with van der Waals surface area (Å²) >= 11 is 5.87. The van der Waals surface area contributed by atoms with Gasteiger partial charge in [0.1, 0.15) is 0 Å². The Morgan fingerprint density at radius 2 is 2.00 bits per heavy atom. The number of pyridine rings is 1. The van der Waals surface area contributed by atoms with Crippen molar-refractivity contribution in [3.63, 3.8) is 0 Å². The van der Waals surface area contributed by atoms with Gasteiger partial charge >= 0.3 is 0 Å². The molecule has 22 heavy (non-hydrogen) atoms. The molecule has 0 unspecified atom stereocenters. The number of carbonyl (C=O) groups is 1. The summed E-state index contributed by atoms with van der Waals surface area (Å²) in [6, 6.07) is 1.60. The maximum atomic E-state index is 12.3. The molecule has 0 atom stereocenters. The summed E-state index contributed by atoms with van der Waals surface area (Å²) < 4.78 is 27.2. The molecule has 0 radical (unpaired) electrons. The van der Waals surface area contributed by atoms with Gasteiger partial charge in [-0.3, -0.25) is 14.0 Å². The maximum Gasteiger partial charge on any atom is 0.264 e. The normalized spacial score (nSPS) is 22.3. The molecule has 1 fully saturated rings. The van der Waals surface area contributed by atoms with Gasteiger partial charge in [0.05, 0.1) is 28.6 Å². The highest BCUT2D eigenvalue weighted by atomic mass is 35.5.